The maximum atomic E-state index is 11.9. The minimum atomic E-state index is -0.0227. The quantitative estimate of drug-likeness (QED) is 0.879. The Labute approximate surface area is 108 Å². The normalized spacial score (nSPS) is 20.0. The van der Waals surface area contributed by atoms with E-state index in [2.05, 4.69) is 22.1 Å². The predicted octanol–water partition coefficient (Wildman–Crippen LogP) is 1.60. The van der Waals surface area contributed by atoms with Crippen molar-refractivity contribution in [3.8, 4) is 0 Å². The summed E-state index contributed by atoms with van der Waals surface area (Å²) in [5, 5.41) is 3.00. The van der Waals surface area contributed by atoms with Crippen molar-refractivity contribution in [3.63, 3.8) is 0 Å². The second kappa shape index (κ2) is 5.96. The minimum absolute atomic E-state index is 0.0227. The lowest BCUT2D eigenvalue weighted by molar-refractivity contribution is 0.0941. The van der Waals surface area contributed by atoms with Crippen LogP contribution in [0.4, 0.5) is 0 Å². The Kier molecular flexibility index (Phi) is 4.31. The van der Waals surface area contributed by atoms with Crippen LogP contribution in [-0.4, -0.2) is 41.5 Å². The number of carbonyl (C=O) groups is 1. The fourth-order valence-electron chi connectivity index (χ4n) is 2.46. The monoisotopic (exact) mass is 247 g/mol. The van der Waals surface area contributed by atoms with Crippen LogP contribution in [0.3, 0.4) is 0 Å². The lowest BCUT2D eigenvalue weighted by Gasteiger charge is -2.22. The van der Waals surface area contributed by atoms with E-state index in [9.17, 15) is 4.79 Å². The lowest BCUT2D eigenvalue weighted by atomic mass is 10.2. The third-order valence-electron chi connectivity index (χ3n) is 3.58. The first-order chi connectivity index (χ1) is 8.70. The van der Waals surface area contributed by atoms with Crippen LogP contribution in [0.5, 0.6) is 0 Å². The van der Waals surface area contributed by atoms with Gasteiger partial charge in [0, 0.05) is 24.5 Å². The Morgan fingerprint density at radius 1 is 1.56 bits per heavy atom. The van der Waals surface area contributed by atoms with Crippen LogP contribution >= 0.6 is 0 Å². The van der Waals surface area contributed by atoms with E-state index in [1.54, 1.807) is 6.20 Å². The second-order valence-corrected chi connectivity index (χ2v) is 4.82. The summed E-state index contributed by atoms with van der Waals surface area (Å²) in [5.74, 6) is -0.0227. The third-order valence-corrected chi connectivity index (χ3v) is 3.58. The van der Waals surface area contributed by atoms with E-state index in [1.165, 1.54) is 12.8 Å². The molecule has 4 heteroatoms. The van der Waals surface area contributed by atoms with E-state index in [1.807, 2.05) is 19.1 Å². The van der Waals surface area contributed by atoms with Crippen molar-refractivity contribution >= 4 is 5.91 Å². The van der Waals surface area contributed by atoms with Gasteiger partial charge >= 0.3 is 0 Å². The van der Waals surface area contributed by atoms with Crippen LogP contribution in [0, 0.1) is 6.92 Å². The van der Waals surface area contributed by atoms with Gasteiger partial charge in [0.15, 0.2) is 0 Å². The van der Waals surface area contributed by atoms with Gasteiger partial charge in [-0.25, -0.2) is 0 Å². The number of likely N-dealkylation sites (tertiary alicyclic amines) is 1. The van der Waals surface area contributed by atoms with Crippen molar-refractivity contribution in [2.75, 3.05) is 19.6 Å². The summed E-state index contributed by atoms with van der Waals surface area (Å²) in [6.07, 6.45) is 4.05. The van der Waals surface area contributed by atoms with Gasteiger partial charge in [-0.05, 0) is 45.0 Å². The van der Waals surface area contributed by atoms with Gasteiger partial charge in [0.05, 0.1) is 5.56 Å². The molecule has 1 N–H and O–H groups in total. The topological polar surface area (TPSA) is 45.2 Å². The van der Waals surface area contributed by atoms with E-state index >= 15 is 0 Å². The Bertz CT molecular complexity index is 402. The number of pyridine rings is 1. The summed E-state index contributed by atoms with van der Waals surface area (Å²) in [4.78, 5) is 18.5. The third kappa shape index (κ3) is 3.07. The number of amides is 1. The highest BCUT2D eigenvalue weighted by molar-refractivity contribution is 5.93. The molecule has 2 rings (SSSR count). The Morgan fingerprint density at radius 2 is 2.39 bits per heavy atom. The average Bonchev–Trinajstić information content (AvgIpc) is 2.84. The van der Waals surface area contributed by atoms with Crippen molar-refractivity contribution in [1.82, 2.24) is 15.2 Å². The summed E-state index contributed by atoms with van der Waals surface area (Å²) in [5.41, 5.74) is 1.57. The van der Waals surface area contributed by atoms with Crippen molar-refractivity contribution in [1.29, 1.82) is 0 Å². The molecule has 1 aromatic heterocycles. The molecule has 4 nitrogen and oxygen atoms in total. The van der Waals surface area contributed by atoms with Crippen molar-refractivity contribution in [2.24, 2.45) is 0 Å². The molecule has 1 aliphatic heterocycles. The molecule has 1 aliphatic rings. The summed E-state index contributed by atoms with van der Waals surface area (Å²) >= 11 is 0. The molecule has 2 heterocycles. The van der Waals surface area contributed by atoms with E-state index in [0.29, 0.717) is 11.6 Å². The zero-order chi connectivity index (χ0) is 13.0. The SMILES string of the molecule is CCN1CCC[C@@H]1CNC(=O)c1ccc(C)nc1. The molecule has 0 spiro atoms. The van der Waals surface area contributed by atoms with Gasteiger partial charge in [-0.15, -0.1) is 0 Å². The van der Waals surface area contributed by atoms with Crippen molar-refractivity contribution in [2.45, 2.75) is 32.7 Å². The largest absolute Gasteiger partial charge is 0.350 e. The molecule has 1 amide bonds. The Balaban J connectivity index is 1.86. The zero-order valence-corrected chi connectivity index (χ0v) is 11.1. The highest BCUT2D eigenvalue weighted by Crippen LogP contribution is 2.15. The number of nitrogens with one attached hydrogen (secondary N) is 1. The predicted molar refractivity (Wildman–Crippen MR) is 71.6 cm³/mol. The number of hydrogen-bond donors (Lipinski definition) is 1. The number of aromatic nitrogens is 1. The van der Waals surface area contributed by atoms with Gasteiger partial charge in [0.1, 0.15) is 0 Å². The standard InChI is InChI=1S/C14H21N3O/c1-3-17-8-4-5-13(17)10-16-14(18)12-7-6-11(2)15-9-12/h6-7,9,13H,3-5,8,10H2,1-2H3,(H,16,18)/t13-/m1/s1. The first-order valence-electron chi connectivity index (χ1n) is 6.65. The summed E-state index contributed by atoms with van der Waals surface area (Å²) in [6, 6.07) is 4.18. The highest BCUT2D eigenvalue weighted by Gasteiger charge is 2.23. The zero-order valence-electron chi connectivity index (χ0n) is 11.1. The molecule has 1 fully saturated rings. The first kappa shape index (κ1) is 13.0. The first-order valence-corrected chi connectivity index (χ1v) is 6.65. The van der Waals surface area contributed by atoms with Crippen LogP contribution in [-0.2, 0) is 0 Å². The van der Waals surface area contributed by atoms with Gasteiger partial charge in [-0.3, -0.25) is 14.7 Å². The molecular formula is C14H21N3O. The number of rotatable bonds is 4. The molecule has 0 unspecified atom stereocenters. The summed E-state index contributed by atoms with van der Waals surface area (Å²) in [7, 11) is 0. The Morgan fingerprint density at radius 3 is 3.06 bits per heavy atom. The van der Waals surface area contributed by atoms with Crippen LogP contribution in [0.25, 0.3) is 0 Å². The van der Waals surface area contributed by atoms with Crippen LogP contribution in [0.1, 0.15) is 35.8 Å². The number of aryl methyl sites for hydroxylation is 1. The van der Waals surface area contributed by atoms with Crippen molar-refractivity contribution in [3.05, 3.63) is 29.6 Å². The highest BCUT2D eigenvalue weighted by atomic mass is 16.1. The molecule has 0 bridgehead atoms. The van der Waals surface area contributed by atoms with Crippen LogP contribution < -0.4 is 5.32 Å². The van der Waals surface area contributed by atoms with Gasteiger partial charge in [0.2, 0.25) is 0 Å². The molecule has 0 aromatic carbocycles. The van der Waals surface area contributed by atoms with Gasteiger partial charge in [-0.1, -0.05) is 6.92 Å². The van der Waals surface area contributed by atoms with Crippen molar-refractivity contribution < 1.29 is 4.79 Å². The number of likely N-dealkylation sites (N-methyl/N-ethyl adjacent to an activating group) is 1. The fourth-order valence-corrected chi connectivity index (χ4v) is 2.46. The molecule has 1 aromatic rings. The second-order valence-electron chi connectivity index (χ2n) is 4.82. The van der Waals surface area contributed by atoms with E-state index in [4.69, 9.17) is 0 Å². The molecule has 1 saturated heterocycles. The Hall–Kier alpha value is -1.42. The van der Waals surface area contributed by atoms with E-state index in [0.717, 1.165) is 25.3 Å². The number of carbonyl (C=O) groups excluding carboxylic acids is 1. The maximum Gasteiger partial charge on any atom is 0.252 e. The lowest BCUT2D eigenvalue weighted by Crippen LogP contribution is -2.40. The molecular weight excluding hydrogens is 226 g/mol. The van der Waals surface area contributed by atoms with E-state index in [-0.39, 0.29) is 5.91 Å². The number of nitrogens with zero attached hydrogens (tertiary/aromatic N) is 2. The summed E-state index contributed by atoms with van der Waals surface area (Å²) in [6.45, 7) is 7.04. The van der Waals surface area contributed by atoms with Gasteiger partial charge in [0.25, 0.3) is 5.91 Å². The van der Waals surface area contributed by atoms with Gasteiger partial charge < -0.3 is 5.32 Å². The molecule has 0 aliphatic carbocycles. The summed E-state index contributed by atoms with van der Waals surface area (Å²) < 4.78 is 0. The van der Waals surface area contributed by atoms with Crippen LogP contribution in [0.15, 0.2) is 18.3 Å². The average molecular weight is 247 g/mol. The van der Waals surface area contributed by atoms with E-state index < -0.39 is 0 Å². The van der Waals surface area contributed by atoms with Crippen LogP contribution in [0.2, 0.25) is 0 Å². The smallest absolute Gasteiger partial charge is 0.252 e. The molecule has 0 saturated carbocycles. The molecule has 98 valence electrons. The molecule has 0 radical (unpaired) electrons. The molecule has 18 heavy (non-hydrogen) atoms. The molecule has 1 atom stereocenters. The minimum Gasteiger partial charge on any atom is -0.350 e. The van der Waals surface area contributed by atoms with Gasteiger partial charge in [-0.2, -0.15) is 0 Å². The number of hydrogen-bond acceptors (Lipinski definition) is 3. The fraction of sp³-hybridized carbons (Fsp3) is 0.571. The maximum absolute atomic E-state index is 11.9.